The number of carbonyl (C=O) groups is 2. The van der Waals surface area contributed by atoms with Crippen molar-refractivity contribution in [2.75, 3.05) is 33.2 Å². The van der Waals surface area contributed by atoms with Crippen LogP contribution in [0.3, 0.4) is 0 Å². The summed E-state index contributed by atoms with van der Waals surface area (Å²) < 4.78 is 1.47. The standard InChI is InChI=1S/C12H19N5O3/c1-15-4-6-16(7-5-15)11(18)9-17-8-10(13-14-17)2-3-12(19)20/h8H,2-7,9H2,1H3,(H,19,20). The summed E-state index contributed by atoms with van der Waals surface area (Å²) in [5.41, 5.74) is 0.596. The van der Waals surface area contributed by atoms with Crippen molar-refractivity contribution in [2.45, 2.75) is 19.4 Å². The van der Waals surface area contributed by atoms with Gasteiger partial charge in [-0.25, -0.2) is 4.68 Å². The van der Waals surface area contributed by atoms with Crippen LogP contribution >= 0.6 is 0 Å². The number of piperazine rings is 1. The molecule has 110 valence electrons. The quantitative estimate of drug-likeness (QED) is 0.749. The number of carbonyl (C=O) groups excluding carboxylic acids is 1. The van der Waals surface area contributed by atoms with Crippen LogP contribution in [0, 0.1) is 0 Å². The van der Waals surface area contributed by atoms with Crippen LogP contribution in [0.5, 0.6) is 0 Å². The molecule has 0 aromatic carbocycles. The second kappa shape index (κ2) is 6.47. The van der Waals surface area contributed by atoms with E-state index in [1.807, 2.05) is 11.9 Å². The molecule has 8 nitrogen and oxygen atoms in total. The first-order valence-electron chi connectivity index (χ1n) is 6.61. The highest BCUT2D eigenvalue weighted by atomic mass is 16.4. The maximum atomic E-state index is 12.1. The van der Waals surface area contributed by atoms with Crippen LogP contribution in [0.1, 0.15) is 12.1 Å². The van der Waals surface area contributed by atoms with Gasteiger partial charge in [0.2, 0.25) is 5.91 Å². The Hall–Kier alpha value is -1.96. The SMILES string of the molecule is CN1CCN(C(=O)Cn2cc(CCC(=O)O)nn2)CC1. The van der Waals surface area contributed by atoms with E-state index in [-0.39, 0.29) is 18.9 Å². The summed E-state index contributed by atoms with van der Waals surface area (Å²) in [5.74, 6) is -0.846. The molecule has 0 atom stereocenters. The monoisotopic (exact) mass is 281 g/mol. The van der Waals surface area contributed by atoms with Gasteiger partial charge in [0, 0.05) is 38.8 Å². The van der Waals surface area contributed by atoms with Crippen LogP contribution in [0.4, 0.5) is 0 Å². The third kappa shape index (κ3) is 4.02. The number of likely N-dealkylation sites (N-methyl/N-ethyl adjacent to an activating group) is 1. The molecule has 1 amide bonds. The van der Waals surface area contributed by atoms with Gasteiger partial charge in [0.15, 0.2) is 0 Å². The van der Waals surface area contributed by atoms with E-state index in [1.165, 1.54) is 4.68 Å². The van der Waals surface area contributed by atoms with Crippen molar-refractivity contribution in [3.8, 4) is 0 Å². The zero-order valence-corrected chi connectivity index (χ0v) is 11.5. The van der Waals surface area contributed by atoms with Gasteiger partial charge in [-0.1, -0.05) is 5.21 Å². The van der Waals surface area contributed by atoms with Crippen molar-refractivity contribution in [3.05, 3.63) is 11.9 Å². The van der Waals surface area contributed by atoms with E-state index in [1.54, 1.807) is 6.20 Å². The third-order valence-corrected chi connectivity index (χ3v) is 3.33. The number of nitrogens with zero attached hydrogens (tertiary/aromatic N) is 5. The molecule has 2 rings (SSSR count). The zero-order chi connectivity index (χ0) is 14.5. The summed E-state index contributed by atoms with van der Waals surface area (Å²) in [4.78, 5) is 26.5. The van der Waals surface area contributed by atoms with Crippen LogP contribution in [-0.4, -0.2) is 75.0 Å². The topological polar surface area (TPSA) is 91.6 Å². The lowest BCUT2D eigenvalue weighted by Gasteiger charge is -2.32. The van der Waals surface area contributed by atoms with Gasteiger partial charge in [-0.3, -0.25) is 9.59 Å². The van der Waals surface area contributed by atoms with Crippen molar-refractivity contribution in [3.63, 3.8) is 0 Å². The molecule has 0 spiro atoms. The molecule has 1 saturated heterocycles. The number of amides is 1. The van der Waals surface area contributed by atoms with Crippen molar-refractivity contribution in [1.82, 2.24) is 24.8 Å². The minimum atomic E-state index is -0.868. The maximum Gasteiger partial charge on any atom is 0.303 e. The van der Waals surface area contributed by atoms with Crippen molar-refractivity contribution in [1.29, 1.82) is 0 Å². The Morgan fingerprint density at radius 3 is 2.65 bits per heavy atom. The van der Waals surface area contributed by atoms with Crippen LogP contribution in [0.2, 0.25) is 0 Å². The molecule has 1 aromatic rings. The van der Waals surface area contributed by atoms with Gasteiger partial charge in [-0.05, 0) is 7.05 Å². The van der Waals surface area contributed by atoms with Gasteiger partial charge in [0.25, 0.3) is 0 Å². The molecule has 0 saturated carbocycles. The molecular weight excluding hydrogens is 262 g/mol. The normalized spacial score (nSPS) is 16.4. The van der Waals surface area contributed by atoms with E-state index in [0.717, 1.165) is 26.2 Å². The number of aromatic nitrogens is 3. The summed E-state index contributed by atoms with van der Waals surface area (Å²) >= 11 is 0. The molecule has 1 N–H and O–H groups in total. The number of carboxylic acid groups (broad SMARTS) is 1. The van der Waals surface area contributed by atoms with Gasteiger partial charge >= 0.3 is 5.97 Å². The summed E-state index contributed by atoms with van der Waals surface area (Å²) in [6.07, 6.45) is 1.99. The largest absolute Gasteiger partial charge is 0.481 e. The van der Waals surface area contributed by atoms with Gasteiger partial charge in [-0.2, -0.15) is 0 Å². The minimum absolute atomic E-state index is 0.0189. The van der Waals surface area contributed by atoms with E-state index < -0.39 is 5.97 Å². The lowest BCUT2D eigenvalue weighted by molar-refractivity contribution is -0.137. The van der Waals surface area contributed by atoms with E-state index in [2.05, 4.69) is 15.2 Å². The Morgan fingerprint density at radius 2 is 2.00 bits per heavy atom. The summed E-state index contributed by atoms with van der Waals surface area (Å²) in [7, 11) is 2.04. The van der Waals surface area contributed by atoms with E-state index in [9.17, 15) is 9.59 Å². The third-order valence-electron chi connectivity index (χ3n) is 3.33. The van der Waals surface area contributed by atoms with Crippen LogP contribution < -0.4 is 0 Å². The van der Waals surface area contributed by atoms with E-state index in [4.69, 9.17) is 5.11 Å². The molecule has 1 aliphatic rings. The number of hydrogen-bond donors (Lipinski definition) is 1. The number of carboxylic acids is 1. The summed E-state index contributed by atoms with van der Waals surface area (Å²) in [6, 6.07) is 0. The Balaban J connectivity index is 1.83. The van der Waals surface area contributed by atoms with Gasteiger partial charge in [0.1, 0.15) is 6.54 Å². The second-order valence-electron chi connectivity index (χ2n) is 4.99. The fourth-order valence-electron chi connectivity index (χ4n) is 2.06. The number of aryl methyl sites for hydroxylation is 1. The Labute approximate surface area is 117 Å². The second-order valence-corrected chi connectivity index (χ2v) is 4.99. The van der Waals surface area contributed by atoms with E-state index >= 15 is 0 Å². The number of rotatable bonds is 5. The molecule has 20 heavy (non-hydrogen) atoms. The van der Waals surface area contributed by atoms with Crippen LogP contribution in [0.25, 0.3) is 0 Å². The lowest BCUT2D eigenvalue weighted by Crippen LogP contribution is -2.48. The Kier molecular flexibility index (Phi) is 4.67. The molecule has 0 unspecified atom stereocenters. The molecule has 0 aliphatic carbocycles. The molecular formula is C12H19N5O3. The highest BCUT2D eigenvalue weighted by molar-refractivity contribution is 5.76. The fourth-order valence-corrected chi connectivity index (χ4v) is 2.06. The predicted molar refractivity (Wildman–Crippen MR) is 70.1 cm³/mol. The maximum absolute atomic E-state index is 12.1. The predicted octanol–water partition coefficient (Wildman–Crippen LogP) is -0.931. The summed E-state index contributed by atoms with van der Waals surface area (Å²) in [5, 5.41) is 16.3. The Bertz CT molecular complexity index is 479. The minimum Gasteiger partial charge on any atom is -0.481 e. The molecule has 0 bridgehead atoms. The van der Waals surface area contributed by atoms with Crippen LogP contribution in [-0.2, 0) is 22.6 Å². The lowest BCUT2D eigenvalue weighted by atomic mass is 10.2. The van der Waals surface area contributed by atoms with Crippen molar-refractivity contribution in [2.24, 2.45) is 0 Å². The van der Waals surface area contributed by atoms with Gasteiger partial charge in [-0.15, -0.1) is 5.10 Å². The molecule has 8 heteroatoms. The average molecular weight is 281 g/mol. The highest BCUT2D eigenvalue weighted by Crippen LogP contribution is 2.03. The van der Waals surface area contributed by atoms with Crippen LogP contribution in [0.15, 0.2) is 6.20 Å². The molecule has 1 aliphatic heterocycles. The van der Waals surface area contributed by atoms with Gasteiger partial charge < -0.3 is 14.9 Å². The van der Waals surface area contributed by atoms with Crippen molar-refractivity contribution < 1.29 is 14.7 Å². The fraction of sp³-hybridized carbons (Fsp3) is 0.667. The molecule has 1 fully saturated rings. The van der Waals surface area contributed by atoms with E-state index in [0.29, 0.717) is 12.1 Å². The average Bonchev–Trinajstić information content (AvgIpc) is 2.84. The van der Waals surface area contributed by atoms with Crippen molar-refractivity contribution >= 4 is 11.9 Å². The molecule has 2 heterocycles. The first-order valence-corrected chi connectivity index (χ1v) is 6.61. The number of aliphatic carboxylic acids is 1. The number of hydrogen-bond acceptors (Lipinski definition) is 5. The molecule has 1 aromatic heterocycles. The van der Waals surface area contributed by atoms with Gasteiger partial charge in [0.05, 0.1) is 12.1 Å². The first kappa shape index (κ1) is 14.4. The Morgan fingerprint density at radius 1 is 1.30 bits per heavy atom. The summed E-state index contributed by atoms with van der Waals surface area (Å²) in [6.45, 7) is 3.38. The molecule has 0 radical (unpaired) electrons. The first-order chi connectivity index (χ1) is 9.54. The smallest absolute Gasteiger partial charge is 0.303 e. The zero-order valence-electron chi connectivity index (χ0n) is 11.5. The highest BCUT2D eigenvalue weighted by Gasteiger charge is 2.19.